The van der Waals surface area contributed by atoms with Crippen LogP contribution < -0.4 is 5.32 Å². The predicted octanol–water partition coefficient (Wildman–Crippen LogP) is 2.97. The van der Waals surface area contributed by atoms with Crippen LogP contribution in [-0.4, -0.2) is 37.7 Å². The van der Waals surface area contributed by atoms with Crippen LogP contribution in [0, 0.1) is 13.8 Å². The topological polar surface area (TPSA) is 82.3 Å². The number of aromatic nitrogens is 1. The summed E-state index contributed by atoms with van der Waals surface area (Å²) >= 11 is 0. The Morgan fingerprint density at radius 1 is 1.11 bits per heavy atom. The van der Waals surface area contributed by atoms with Gasteiger partial charge in [-0.2, -0.15) is 0 Å². The highest BCUT2D eigenvalue weighted by molar-refractivity contribution is 7.89. The van der Waals surface area contributed by atoms with Gasteiger partial charge in [-0.25, -0.2) is 12.7 Å². The van der Waals surface area contributed by atoms with Crippen molar-refractivity contribution < 1.29 is 13.2 Å². The van der Waals surface area contributed by atoms with E-state index in [4.69, 9.17) is 0 Å². The van der Waals surface area contributed by atoms with Crippen molar-refractivity contribution in [1.29, 1.82) is 0 Å². The van der Waals surface area contributed by atoms with Crippen molar-refractivity contribution in [3.05, 3.63) is 64.8 Å². The molecule has 0 unspecified atom stereocenters. The maximum atomic E-state index is 12.6. The summed E-state index contributed by atoms with van der Waals surface area (Å²) in [4.78, 5) is 15.9. The molecule has 0 aliphatic carbocycles. The number of aryl methyl sites for hydroxylation is 2. The number of aromatic amines is 1. The highest BCUT2D eigenvalue weighted by Crippen LogP contribution is 2.22. The molecule has 0 bridgehead atoms. The normalized spacial score (nSPS) is 11.9. The van der Waals surface area contributed by atoms with Crippen molar-refractivity contribution in [3.63, 3.8) is 0 Å². The lowest BCUT2D eigenvalue weighted by atomic mass is 10.1. The lowest BCUT2D eigenvalue weighted by Gasteiger charge is -2.15. The first kappa shape index (κ1) is 19.1. The second kappa shape index (κ2) is 7.17. The predicted molar refractivity (Wildman–Crippen MR) is 106 cm³/mol. The Hall–Kier alpha value is -2.64. The van der Waals surface area contributed by atoms with E-state index >= 15 is 0 Å². The van der Waals surface area contributed by atoms with Gasteiger partial charge in [0.25, 0.3) is 5.91 Å². The summed E-state index contributed by atoms with van der Waals surface area (Å²) in [7, 11) is -0.606. The summed E-state index contributed by atoms with van der Waals surface area (Å²) in [5.41, 5.74) is 4.13. The van der Waals surface area contributed by atoms with Gasteiger partial charge in [-0.3, -0.25) is 4.79 Å². The molecule has 0 spiro atoms. The molecule has 1 heterocycles. The quantitative estimate of drug-likeness (QED) is 0.708. The zero-order valence-corrected chi connectivity index (χ0v) is 16.6. The Morgan fingerprint density at radius 3 is 2.52 bits per heavy atom. The fourth-order valence-corrected chi connectivity index (χ4v) is 4.21. The van der Waals surface area contributed by atoms with Crippen LogP contribution in [0.25, 0.3) is 10.9 Å². The zero-order valence-electron chi connectivity index (χ0n) is 15.8. The number of carbonyl (C=O) groups excluding carboxylic acids is 1. The number of nitrogens with one attached hydrogen (secondary N) is 2. The smallest absolute Gasteiger partial charge is 0.267 e. The molecule has 3 rings (SSSR count). The number of nitrogens with zero attached hydrogens (tertiary/aromatic N) is 1. The van der Waals surface area contributed by atoms with Gasteiger partial charge in [-0.15, -0.1) is 0 Å². The second-order valence-electron chi connectivity index (χ2n) is 6.80. The van der Waals surface area contributed by atoms with E-state index in [2.05, 4.69) is 16.4 Å². The number of sulfonamides is 1. The summed E-state index contributed by atoms with van der Waals surface area (Å²) < 4.78 is 26.1. The van der Waals surface area contributed by atoms with E-state index in [1.54, 1.807) is 24.3 Å². The molecular weight excluding hydrogens is 362 g/mol. The van der Waals surface area contributed by atoms with Gasteiger partial charge in [-0.1, -0.05) is 24.3 Å². The van der Waals surface area contributed by atoms with Crippen LogP contribution >= 0.6 is 0 Å². The molecule has 27 heavy (non-hydrogen) atoms. The third-order valence-electron chi connectivity index (χ3n) is 4.50. The molecule has 0 saturated heterocycles. The number of benzene rings is 2. The highest BCUT2D eigenvalue weighted by Gasteiger charge is 2.21. The van der Waals surface area contributed by atoms with E-state index in [9.17, 15) is 13.2 Å². The molecule has 0 atom stereocenters. The first-order chi connectivity index (χ1) is 12.7. The van der Waals surface area contributed by atoms with Crippen molar-refractivity contribution in [3.8, 4) is 0 Å². The average Bonchev–Trinajstić information content (AvgIpc) is 3.04. The van der Waals surface area contributed by atoms with Gasteiger partial charge >= 0.3 is 0 Å². The van der Waals surface area contributed by atoms with E-state index < -0.39 is 10.0 Å². The fraction of sp³-hybridized carbons (Fsp3) is 0.250. The van der Waals surface area contributed by atoms with Gasteiger partial charge in [0, 0.05) is 31.5 Å². The largest absolute Gasteiger partial charge is 0.351 e. The lowest BCUT2D eigenvalue weighted by Crippen LogP contribution is -2.27. The molecular formula is C20H23N3O3S. The number of amides is 1. The number of rotatable bonds is 5. The summed E-state index contributed by atoms with van der Waals surface area (Å²) in [5.74, 6) is -0.277. The minimum Gasteiger partial charge on any atom is -0.351 e. The molecule has 0 radical (unpaired) electrons. The Balaban J connectivity index is 1.84. The molecule has 0 aliphatic heterocycles. The van der Waals surface area contributed by atoms with Gasteiger partial charge in [0.1, 0.15) is 5.69 Å². The summed E-state index contributed by atoms with van der Waals surface area (Å²) in [5, 5.41) is 3.81. The third kappa shape index (κ3) is 3.74. The van der Waals surface area contributed by atoms with Crippen molar-refractivity contribution in [2.24, 2.45) is 0 Å². The molecule has 1 amide bonds. The second-order valence-corrected chi connectivity index (χ2v) is 8.92. The fourth-order valence-electron chi connectivity index (χ4n) is 3.09. The number of fused-ring (bicyclic) bond motifs is 1. The van der Waals surface area contributed by atoms with Crippen LogP contribution in [0.4, 0.5) is 0 Å². The van der Waals surface area contributed by atoms with Crippen molar-refractivity contribution in [2.75, 3.05) is 14.1 Å². The van der Waals surface area contributed by atoms with Crippen LogP contribution in [0.2, 0.25) is 0 Å². The Kier molecular flexibility index (Phi) is 5.08. The van der Waals surface area contributed by atoms with Gasteiger partial charge in [0.2, 0.25) is 10.0 Å². The van der Waals surface area contributed by atoms with Crippen molar-refractivity contribution in [2.45, 2.75) is 25.3 Å². The van der Waals surface area contributed by atoms with Crippen molar-refractivity contribution >= 4 is 26.8 Å². The number of H-pyrrole nitrogens is 1. The molecule has 3 aromatic rings. The Labute approximate surface area is 159 Å². The maximum absolute atomic E-state index is 12.6. The zero-order chi connectivity index (χ0) is 19.8. The maximum Gasteiger partial charge on any atom is 0.267 e. The van der Waals surface area contributed by atoms with Crippen molar-refractivity contribution in [1.82, 2.24) is 14.6 Å². The standard InChI is InChI=1S/C20H23N3O3S/c1-13-9-14(2)16-11-18(22-17(16)10-13)20(24)21-12-15-7-5-6-8-19(15)27(25,26)23(3)4/h5-11,22H,12H2,1-4H3,(H,21,24). The minimum atomic E-state index is -3.58. The number of carbonyl (C=O) groups is 1. The molecule has 7 heteroatoms. The molecule has 2 N–H and O–H groups in total. The van der Waals surface area contributed by atoms with Crippen LogP contribution in [0.1, 0.15) is 27.2 Å². The minimum absolute atomic E-state index is 0.120. The highest BCUT2D eigenvalue weighted by atomic mass is 32.2. The van der Waals surface area contributed by atoms with Gasteiger partial charge in [-0.05, 0) is 48.7 Å². The Bertz CT molecular complexity index is 1110. The molecule has 142 valence electrons. The first-order valence-electron chi connectivity index (χ1n) is 8.59. The van der Waals surface area contributed by atoms with E-state index in [-0.39, 0.29) is 17.3 Å². The summed E-state index contributed by atoms with van der Waals surface area (Å²) in [6.45, 7) is 4.14. The van der Waals surface area contributed by atoms with Crippen LogP contribution in [-0.2, 0) is 16.6 Å². The number of hydrogen-bond donors (Lipinski definition) is 2. The SMILES string of the molecule is Cc1cc(C)c2cc(C(=O)NCc3ccccc3S(=O)(=O)N(C)C)[nH]c2c1. The van der Waals surface area contributed by atoms with Crippen LogP contribution in [0.15, 0.2) is 47.4 Å². The van der Waals surface area contributed by atoms with Gasteiger partial charge in [0.05, 0.1) is 4.90 Å². The lowest BCUT2D eigenvalue weighted by molar-refractivity contribution is 0.0946. The molecule has 1 aromatic heterocycles. The summed E-state index contributed by atoms with van der Waals surface area (Å²) in [6, 6.07) is 12.6. The van der Waals surface area contributed by atoms with Crippen LogP contribution in [0.5, 0.6) is 0 Å². The van der Waals surface area contributed by atoms with E-state index in [1.165, 1.54) is 14.1 Å². The number of hydrogen-bond acceptors (Lipinski definition) is 3. The van der Waals surface area contributed by atoms with E-state index in [1.807, 2.05) is 26.0 Å². The van der Waals surface area contributed by atoms with Gasteiger partial charge < -0.3 is 10.3 Å². The van der Waals surface area contributed by atoms with E-state index in [0.717, 1.165) is 26.3 Å². The molecule has 2 aromatic carbocycles. The first-order valence-corrected chi connectivity index (χ1v) is 10.0. The molecule has 0 aliphatic rings. The van der Waals surface area contributed by atoms with Crippen LogP contribution in [0.3, 0.4) is 0 Å². The summed E-state index contributed by atoms with van der Waals surface area (Å²) in [6.07, 6.45) is 0. The average molecular weight is 385 g/mol. The van der Waals surface area contributed by atoms with E-state index in [0.29, 0.717) is 11.3 Å². The molecule has 0 saturated carbocycles. The van der Waals surface area contributed by atoms with Gasteiger partial charge in [0.15, 0.2) is 0 Å². The third-order valence-corrected chi connectivity index (χ3v) is 6.42. The molecule has 0 fully saturated rings. The molecule has 6 nitrogen and oxygen atoms in total. The monoisotopic (exact) mass is 385 g/mol. The Morgan fingerprint density at radius 2 is 1.81 bits per heavy atom.